The Bertz CT molecular complexity index is 371. The summed E-state index contributed by atoms with van der Waals surface area (Å²) in [4.78, 5) is 25.5. The van der Waals surface area contributed by atoms with Gasteiger partial charge in [0.15, 0.2) is 0 Å². The minimum absolute atomic E-state index is 0.0370. The van der Waals surface area contributed by atoms with E-state index < -0.39 is 0 Å². The van der Waals surface area contributed by atoms with Gasteiger partial charge in [0, 0.05) is 25.0 Å². The number of likely N-dealkylation sites (tertiary alicyclic amines) is 1. The van der Waals surface area contributed by atoms with Crippen LogP contribution < -0.4 is 10.6 Å². The maximum absolute atomic E-state index is 12.2. The van der Waals surface area contributed by atoms with Gasteiger partial charge in [-0.25, -0.2) is 4.79 Å². The summed E-state index contributed by atoms with van der Waals surface area (Å²) in [5, 5.41) is 5.98. The van der Waals surface area contributed by atoms with E-state index >= 15 is 0 Å². The van der Waals surface area contributed by atoms with Crippen molar-refractivity contribution in [1.29, 1.82) is 0 Å². The van der Waals surface area contributed by atoms with Crippen LogP contribution in [0.1, 0.15) is 39.0 Å². The van der Waals surface area contributed by atoms with Crippen LogP contribution in [0, 0.1) is 5.92 Å². The molecule has 4 atom stereocenters. The average Bonchev–Trinajstić information content (AvgIpc) is 2.94. The molecule has 2 aliphatic heterocycles. The highest BCUT2D eigenvalue weighted by molar-refractivity contribution is 5.79. The third kappa shape index (κ3) is 2.06. The first-order chi connectivity index (χ1) is 8.63. The number of nitrogens with zero attached hydrogens (tertiary/aromatic N) is 1. The number of hydrogen-bond acceptors (Lipinski definition) is 2. The predicted molar refractivity (Wildman–Crippen MR) is 67.0 cm³/mol. The molecule has 0 radical (unpaired) electrons. The molecule has 5 heteroatoms. The quantitative estimate of drug-likeness (QED) is 0.725. The number of rotatable bonds is 1. The maximum atomic E-state index is 12.2. The second kappa shape index (κ2) is 4.44. The van der Waals surface area contributed by atoms with Gasteiger partial charge in [0.25, 0.3) is 0 Å². The molecule has 0 aromatic carbocycles. The fraction of sp³-hybridized carbons (Fsp3) is 0.846. The van der Waals surface area contributed by atoms with Crippen LogP contribution in [0.2, 0.25) is 0 Å². The molecule has 3 rings (SSSR count). The number of fused-ring (bicyclic) bond motifs is 2. The zero-order chi connectivity index (χ0) is 12.7. The van der Waals surface area contributed by atoms with E-state index in [1.165, 1.54) is 12.8 Å². The second-order valence-electron chi connectivity index (χ2n) is 5.94. The van der Waals surface area contributed by atoms with E-state index in [0.717, 1.165) is 25.3 Å². The fourth-order valence-corrected chi connectivity index (χ4v) is 3.58. The Morgan fingerprint density at radius 1 is 1.39 bits per heavy atom. The van der Waals surface area contributed by atoms with Gasteiger partial charge in [-0.15, -0.1) is 0 Å². The van der Waals surface area contributed by atoms with Gasteiger partial charge >= 0.3 is 6.03 Å². The van der Waals surface area contributed by atoms with Crippen LogP contribution in [-0.2, 0) is 4.79 Å². The molecule has 3 aliphatic rings. The first kappa shape index (κ1) is 11.8. The smallest absolute Gasteiger partial charge is 0.317 e. The minimum Gasteiger partial charge on any atom is -0.352 e. The number of hydrogen-bond donors (Lipinski definition) is 2. The van der Waals surface area contributed by atoms with Crippen LogP contribution in [0.4, 0.5) is 4.79 Å². The molecule has 0 aromatic rings. The zero-order valence-electron chi connectivity index (χ0n) is 10.8. The molecule has 2 bridgehead atoms. The van der Waals surface area contributed by atoms with Gasteiger partial charge in [-0.3, -0.25) is 4.79 Å². The summed E-state index contributed by atoms with van der Waals surface area (Å²) in [6.45, 7) is 2.88. The molecule has 3 amide bonds. The van der Waals surface area contributed by atoms with Crippen molar-refractivity contribution >= 4 is 11.9 Å². The van der Waals surface area contributed by atoms with Crippen LogP contribution in [0.25, 0.3) is 0 Å². The Morgan fingerprint density at radius 2 is 2.22 bits per heavy atom. The summed E-state index contributed by atoms with van der Waals surface area (Å²) < 4.78 is 0. The normalized spacial score (nSPS) is 38.7. The highest BCUT2D eigenvalue weighted by Gasteiger charge is 2.41. The Morgan fingerprint density at radius 3 is 2.83 bits per heavy atom. The Labute approximate surface area is 107 Å². The maximum Gasteiger partial charge on any atom is 0.317 e. The zero-order valence-corrected chi connectivity index (χ0v) is 10.8. The third-order valence-electron chi connectivity index (χ3n) is 4.65. The number of amides is 3. The minimum atomic E-state index is 0.0370. The molecule has 1 saturated carbocycles. The van der Waals surface area contributed by atoms with E-state index in [1.54, 1.807) is 0 Å². The predicted octanol–water partition coefficient (Wildman–Crippen LogP) is 0.847. The highest BCUT2D eigenvalue weighted by Crippen LogP contribution is 2.37. The summed E-state index contributed by atoms with van der Waals surface area (Å²) in [6.07, 6.45) is 4.89. The second-order valence-corrected chi connectivity index (χ2v) is 5.94. The van der Waals surface area contributed by atoms with Gasteiger partial charge in [0.2, 0.25) is 5.91 Å². The van der Waals surface area contributed by atoms with E-state index in [9.17, 15) is 9.59 Å². The van der Waals surface area contributed by atoms with Crippen molar-refractivity contribution < 1.29 is 9.59 Å². The molecule has 3 fully saturated rings. The van der Waals surface area contributed by atoms with Gasteiger partial charge in [-0.05, 0) is 38.5 Å². The van der Waals surface area contributed by atoms with Crippen molar-refractivity contribution in [2.75, 3.05) is 6.54 Å². The van der Waals surface area contributed by atoms with Crippen LogP contribution in [0.15, 0.2) is 0 Å². The van der Waals surface area contributed by atoms with Gasteiger partial charge in [0.1, 0.15) is 0 Å². The number of carbonyl (C=O) groups excluding carboxylic acids is 2. The van der Waals surface area contributed by atoms with E-state index in [1.807, 2.05) is 11.8 Å². The fourth-order valence-electron chi connectivity index (χ4n) is 3.58. The van der Waals surface area contributed by atoms with Gasteiger partial charge in [-0.2, -0.15) is 0 Å². The first-order valence-electron chi connectivity index (χ1n) is 7.00. The Balaban J connectivity index is 1.56. The standard InChI is InChI=1S/C13H21N3O2/c1-8-11(4-5-12(17)14-8)15-13(18)16-7-9-2-3-10(16)6-9/h8-11H,2-7H2,1H3,(H,14,17)(H,15,18)/t8-,9+,10+,11-/m1/s1. The molecular formula is C13H21N3O2. The van der Waals surface area contributed by atoms with E-state index in [4.69, 9.17) is 0 Å². The molecule has 2 N–H and O–H groups in total. The molecule has 0 aromatic heterocycles. The molecule has 18 heavy (non-hydrogen) atoms. The molecule has 2 saturated heterocycles. The van der Waals surface area contributed by atoms with Crippen molar-refractivity contribution in [2.45, 2.75) is 57.2 Å². The number of carbonyl (C=O) groups is 2. The first-order valence-corrected chi connectivity index (χ1v) is 7.00. The summed E-state index contributed by atoms with van der Waals surface area (Å²) in [5.41, 5.74) is 0. The lowest BCUT2D eigenvalue weighted by atomic mass is 9.99. The molecule has 100 valence electrons. The summed E-state index contributed by atoms with van der Waals surface area (Å²) in [5.74, 6) is 0.817. The van der Waals surface area contributed by atoms with Gasteiger partial charge < -0.3 is 15.5 Å². The largest absolute Gasteiger partial charge is 0.352 e. The van der Waals surface area contributed by atoms with E-state index in [0.29, 0.717) is 12.5 Å². The number of piperidine rings is 2. The van der Waals surface area contributed by atoms with Crippen LogP contribution in [0.5, 0.6) is 0 Å². The van der Waals surface area contributed by atoms with Gasteiger partial charge in [-0.1, -0.05) is 0 Å². The molecule has 5 nitrogen and oxygen atoms in total. The average molecular weight is 251 g/mol. The van der Waals surface area contributed by atoms with Gasteiger partial charge in [0.05, 0.1) is 6.04 Å². The summed E-state index contributed by atoms with van der Waals surface area (Å²) in [6, 6.07) is 0.642. The monoisotopic (exact) mass is 251 g/mol. The lowest BCUT2D eigenvalue weighted by Gasteiger charge is -2.34. The van der Waals surface area contributed by atoms with Crippen LogP contribution >= 0.6 is 0 Å². The lowest BCUT2D eigenvalue weighted by molar-refractivity contribution is -0.123. The summed E-state index contributed by atoms with van der Waals surface area (Å²) in [7, 11) is 0. The Hall–Kier alpha value is -1.26. The SMILES string of the molecule is C[C@H]1NC(=O)CC[C@H]1NC(=O)N1C[C@H]2CC[C@H]1C2. The molecule has 2 heterocycles. The van der Waals surface area contributed by atoms with Crippen molar-refractivity contribution in [2.24, 2.45) is 5.92 Å². The van der Waals surface area contributed by atoms with Crippen molar-refractivity contribution in [3.05, 3.63) is 0 Å². The molecule has 0 unspecified atom stereocenters. The number of nitrogens with one attached hydrogen (secondary N) is 2. The van der Waals surface area contributed by atoms with Crippen molar-refractivity contribution in [3.63, 3.8) is 0 Å². The van der Waals surface area contributed by atoms with E-state index in [-0.39, 0.29) is 24.0 Å². The number of urea groups is 1. The summed E-state index contributed by atoms with van der Waals surface area (Å²) >= 11 is 0. The molecule has 0 spiro atoms. The van der Waals surface area contributed by atoms with Crippen molar-refractivity contribution in [3.8, 4) is 0 Å². The highest BCUT2D eigenvalue weighted by atomic mass is 16.2. The Kier molecular flexibility index (Phi) is 2.92. The van der Waals surface area contributed by atoms with Crippen LogP contribution in [-0.4, -0.2) is 41.5 Å². The lowest BCUT2D eigenvalue weighted by Crippen LogP contribution is -2.57. The third-order valence-corrected chi connectivity index (χ3v) is 4.65. The van der Waals surface area contributed by atoms with Crippen LogP contribution in [0.3, 0.4) is 0 Å². The molecule has 1 aliphatic carbocycles. The molecular weight excluding hydrogens is 230 g/mol. The topological polar surface area (TPSA) is 61.4 Å². The van der Waals surface area contributed by atoms with Crippen molar-refractivity contribution in [1.82, 2.24) is 15.5 Å². The van der Waals surface area contributed by atoms with E-state index in [2.05, 4.69) is 10.6 Å².